The van der Waals surface area contributed by atoms with Crippen molar-refractivity contribution in [2.45, 2.75) is 11.8 Å². The van der Waals surface area contributed by atoms with Crippen molar-refractivity contribution in [2.75, 3.05) is 35.9 Å². The van der Waals surface area contributed by atoms with Crippen LogP contribution in [-0.2, 0) is 14.8 Å². The number of ketones is 1. The Kier molecular flexibility index (Phi) is 7.47. The van der Waals surface area contributed by atoms with E-state index in [-0.39, 0.29) is 16.4 Å². The van der Waals surface area contributed by atoms with Crippen LogP contribution in [0.2, 0.25) is 0 Å². The smallest absolute Gasteiger partial charge is 0.293 e. The molecule has 0 spiro atoms. The summed E-state index contributed by atoms with van der Waals surface area (Å²) in [6.07, 6.45) is 2.85. The molecule has 1 fully saturated rings. The summed E-state index contributed by atoms with van der Waals surface area (Å²) in [4.78, 5) is 25.9. The number of hydrogen-bond acceptors (Lipinski definition) is 7. The predicted octanol–water partition coefficient (Wildman–Crippen LogP) is 4.44. The van der Waals surface area contributed by atoms with Crippen molar-refractivity contribution >= 4 is 38.9 Å². The fourth-order valence-corrected chi connectivity index (χ4v) is 4.82. The normalized spacial score (nSPS) is 14.1. The number of nitro benzene ring substituents is 1. The number of morpholine rings is 1. The Morgan fingerprint density at radius 2 is 1.69 bits per heavy atom. The van der Waals surface area contributed by atoms with Crippen molar-refractivity contribution in [3.63, 3.8) is 0 Å². The number of ether oxygens (including phenoxy) is 1. The molecule has 1 aliphatic heterocycles. The van der Waals surface area contributed by atoms with Gasteiger partial charge in [0.1, 0.15) is 5.69 Å². The largest absolute Gasteiger partial charge is 0.378 e. The molecule has 0 unspecified atom stereocenters. The average molecular weight is 508 g/mol. The Morgan fingerprint density at radius 1 is 1.03 bits per heavy atom. The van der Waals surface area contributed by atoms with Crippen LogP contribution in [0.1, 0.15) is 21.5 Å². The van der Waals surface area contributed by atoms with E-state index in [1.807, 2.05) is 11.8 Å². The van der Waals surface area contributed by atoms with Crippen LogP contribution in [0.25, 0.3) is 6.08 Å². The van der Waals surface area contributed by atoms with Crippen LogP contribution in [0.5, 0.6) is 0 Å². The fraction of sp³-hybridized carbons (Fsp3) is 0.192. The van der Waals surface area contributed by atoms with Crippen molar-refractivity contribution < 1.29 is 22.9 Å². The summed E-state index contributed by atoms with van der Waals surface area (Å²) < 4.78 is 32.9. The average Bonchev–Trinajstić information content (AvgIpc) is 2.88. The molecule has 3 aromatic carbocycles. The lowest BCUT2D eigenvalue weighted by molar-refractivity contribution is -0.384. The van der Waals surface area contributed by atoms with Crippen LogP contribution in [0, 0.1) is 17.0 Å². The number of allylic oxidation sites excluding steroid dienone is 1. The maximum atomic E-state index is 12.6. The Morgan fingerprint density at radius 3 is 2.33 bits per heavy atom. The molecule has 0 saturated carbocycles. The minimum atomic E-state index is -3.75. The molecule has 0 radical (unpaired) electrons. The molecule has 0 aliphatic carbocycles. The second-order valence-electron chi connectivity index (χ2n) is 8.30. The zero-order valence-electron chi connectivity index (χ0n) is 19.6. The first kappa shape index (κ1) is 25.1. The van der Waals surface area contributed by atoms with E-state index in [0.717, 1.165) is 5.56 Å². The molecule has 1 heterocycles. The third kappa shape index (κ3) is 5.96. The molecule has 0 amide bonds. The Bertz CT molecular complexity index is 1390. The number of carbonyl (C=O) groups is 1. The third-order valence-corrected chi connectivity index (χ3v) is 7.13. The lowest BCUT2D eigenvalue weighted by Gasteiger charge is -2.28. The molecule has 4 rings (SSSR count). The predicted molar refractivity (Wildman–Crippen MR) is 138 cm³/mol. The van der Waals surface area contributed by atoms with Gasteiger partial charge in [-0.05, 0) is 61.0 Å². The minimum Gasteiger partial charge on any atom is -0.378 e. The number of hydrogen-bond donors (Lipinski definition) is 1. The molecule has 1 N–H and O–H groups in total. The van der Waals surface area contributed by atoms with Gasteiger partial charge in [-0.1, -0.05) is 29.8 Å². The van der Waals surface area contributed by atoms with Crippen molar-refractivity contribution in [2.24, 2.45) is 0 Å². The number of nitrogens with zero attached hydrogens (tertiary/aromatic N) is 2. The number of benzene rings is 3. The van der Waals surface area contributed by atoms with Gasteiger partial charge in [-0.25, -0.2) is 8.42 Å². The maximum absolute atomic E-state index is 12.6. The van der Waals surface area contributed by atoms with Crippen LogP contribution < -0.4 is 9.62 Å². The number of carbonyl (C=O) groups excluding carboxylic acids is 1. The van der Waals surface area contributed by atoms with Crippen LogP contribution in [0.4, 0.5) is 17.1 Å². The summed E-state index contributed by atoms with van der Waals surface area (Å²) in [5.41, 5.74) is 2.64. The first-order valence-corrected chi connectivity index (χ1v) is 12.7. The Labute approximate surface area is 209 Å². The van der Waals surface area contributed by atoms with Gasteiger partial charge in [-0.2, -0.15) is 0 Å². The summed E-state index contributed by atoms with van der Waals surface area (Å²) in [7, 11) is -3.75. The van der Waals surface area contributed by atoms with Crippen LogP contribution >= 0.6 is 0 Å². The number of nitro groups is 1. The lowest BCUT2D eigenvalue weighted by atomic mass is 10.1. The second kappa shape index (κ2) is 10.7. The number of anilines is 2. The third-order valence-electron chi connectivity index (χ3n) is 5.73. The highest BCUT2D eigenvalue weighted by molar-refractivity contribution is 7.92. The molecular weight excluding hydrogens is 482 g/mol. The van der Waals surface area contributed by atoms with Crippen LogP contribution in [0.3, 0.4) is 0 Å². The SMILES string of the molecule is Cc1ccc(S(=O)(=O)Nc2ccc(C(=O)C=Cc3ccc(N4CCOCC4)c([N+](=O)[O-])c3)cc2)cc1. The molecule has 1 aliphatic rings. The van der Waals surface area contributed by atoms with Crippen molar-refractivity contribution in [1.29, 1.82) is 0 Å². The molecule has 0 atom stereocenters. The second-order valence-corrected chi connectivity index (χ2v) is 9.98. The molecule has 0 aromatic heterocycles. The molecule has 3 aromatic rings. The molecule has 10 heteroatoms. The number of sulfonamides is 1. The topological polar surface area (TPSA) is 119 Å². The molecule has 1 saturated heterocycles. The van der Waals surface area contributed by atoms with E-state index >= 15 is 0 Å². The standard InChI is InChI=1S/C26H25N3O6S/c1-19-2-10-23(11-3-19)36(33,34)27-22-8-6-21(7-9-22)26(30)13-5-20-4-12-24(25(18-20)29(31)32)28-14-16-35-17-15-28/h2-13,18,27H,14-17H2,1H3. The zero-order chi connectivity index (χ0) is 25.7. The van der Waals surface area contributed by atoms with E-state index < -0.39 is 14.9 Å². The maximum Gasteiger partial charge on any atom is 0.293 e. The summed E-state index contributed by atoms with van der Waals surface area (Å²) in [6, 6.07) is 17.4. The highest BCUT2D eigenvalue weighted by atomic mass is 32.2. The summed E-state index contributed by atoms with van der Waals surface area (Å²) in [5, 5.41) is 11.6. The van der Waals surface area contributed by atoms with Crippen molar-refractivity contribution in [3.8, 4) is 0 Å². The Balaban J connectivity index is 1.45. The van der Waals surface area contributed by atoms with Gasteiger partial charge in [-0.15, -0.1) is 0 Å². The molecule has 0 bridgehead atoms. The monoisotopic (exact) mass is 507 g/mol. The van der Waals surface area contributed by atoms with E-state index in [9.17, 15) is 23.3 Å². The zero-order valence-corrected chi connectivity index (χ0v) is 20.4. The quantitative estimate of drug-likeness (QED) is 0.207. The molecular formula is C26H25N3O6S. The van der Waals surface area contributed by atoms with E-state index in [4.69, 9.17) is 4.74 Å². The van der Waals surface area contributed by atoms with Gasteiger partial charge in [0.05, 0.1) is 23.0 Å². The molecule has 186 valence electrons. The highest BCUT2D eigenvalue weighted by Crippen LogP contribution is 2.30. The first-order chi connectivity index (χ1) is 17.2. The van der Waals surface area contributed by atoms with Crippen LogP contribution in [0.15, 0.2) is 77.7 Å². The van der Waals surface area contributed by atoms with E-state index in [1.54, 1.807) is 24.3 Å². The van der Waals surface area contributed by atoms with Gasteiger partial charge in [-0.3, -0.25) is 19.6 Å². The number of aryl methyl sites for hydroxylation is 1. The molecule has 9 nitrogen and oxygen atoms in total. The Hall–Kier alpha value is -4.02. The lowest BCUT2D eigenvalue weighted by Crippen LogP contribution is -2.36. The summed E-state index contributed by atoms with van der Waals surface area (Å²) in [5.74, 6) is -0.317. The van der Waals surface area contributed by atoms with Gasteiger partial charge in [0.2, 0.25) is 0 Å². The molecule has 36 heavy (non-hydrogen) atoms. The van der Waals surface area contributed by atoms with E-state index in [2.05, 4.69) is 4.72 Å². The highest BCUT2D eigenvalue weighted by Gasteiger charge is 2.21. The summed E-state index contributed by atoms with van der Waals surface area (Å²) in [6.45, 7) is 4.05. The van der Waals surface area contributed by atoms with E-state index in [0.29, 0.717) is 48.8 Å². The van der Waals surface area contributed by atoms with Gasteiger partial charge >= 0.3 is 0 Å². The van der Waals surface area contributed by atoms with Gasteiger partial charge in [0.15, 0.2) is 5.78 Å². The van der Waals surface area contributed by atoms with Gasteiger partial charge in [0.25, 0.3) is 15.7 Å². The minimum absolute atomic E-state index is 0.0308. The number of rotatable bonds is 8. The first-order valence-electron chi connectivity index (χ1n) is 11.3. The fourth-order valence-electron chi connectivity index (χ4n) is 3.76. The van der Waals surface area contributed by atoms with Crippen LogP contribution in [-0.4, -0.2) is 45.4 Å². The number of nitrogens with one attached hydrogen (secondary N) is 1. The van der Waals surface area contributed by atoms with Crippen molar-refractivity contribution in [3.05, 3.63) is 99.6 Å². The van der Waals surface area contributed by atoms with Gasteiger partial charge in [0, 0.05) is 30.4 Å². The van der Waals surface area contributed by atoms with E-state index in [1.165, 1.54) is 54.6 Å². The van der Waals surface area contributed by atoms with Gasteiger partial charge < -0.3 is 9.64 Å². The van der Waals surface area contributed by atoms with Crippen molar-refractivity contribution in [1.82, 2.24) is 0 Å². The summed E-state index contributed by atoms with van der Waals surface area (Å²) >= 11 is 0.